The molecule has 2 fully saturated rings. The maximum atomic E-state index is 13.6. The van der Waals surface area contributed by atoms with Crippen molar-refractivity contribution in [2.24, 2.45) is 0 Å². The summed E-state index contributed by atoms with van der Waals surface area (Å²) >= 11 is 0. The number of likely N-dealkylation sites (tertiary alicyclic amines) is 1. The Hall–Kier alpha value is -2.67. The number of hydrogen-bond donors (Lipinski definition) is 0. The zero-order valence-corrected chi connectivity index (χ0v) is 15.6. The molecule has 148 valence electrons. The van der Waals surface area contributed by atoms with Crippen molar-refractivity contribution in [3.63, 3.8) is 0 Å². The molecule has 28 heavy (non-hydrogen) atoms. The largest absolute Gasteiger partial charge is 0.469 e. The minimum Gasteiger partial charge on any atom is -0.469 e. The number of ether oxygens (including phenoxy) is 1. The second-order valence-electron chi connectivity index (χ2n) is 7.43. The molecule has 0 bridgehead atoms. The number of aryl methyl sites for hydroxylation is 1. The summed E-state index contributed by atoms with van der Waals surface area (Å²) < 4.78 is 24.9. The Labute approximate surface area is 162 Å². The van der Waals surface area contributed by atoms with E-state index in [0.717, 1.165) is 18.6 Å². The molecule has 6 nitrogen and oxygen atoms in total. The second-order valence-corrected chi connectivity index (χ2v) is 7.43. The van der Waals surface area contributed by atoms with Crippen LogP contribution in [0.3, 0.4) is 0 Å². The predicted molar refractivity (Wildman–Crippen MR) is 100 cm³/mol. The quantitative estimate of drug-likeness (QED) is 0.811. The Morgan fingerprint density at radius 2 is 2.11 bits per heavy atom. The van der Waals surface area contributed by atoms with E-state index in [1.807, 2.05) is 17.0 Å². The van der Waals surface area contributed by atoms with E-state index in [1.165, 1.54) is 12.1 Å². The highest BCUT2D eigenvalue weighted by Gasteiger charge is 2.44. The third-order valence-corrected chi connectivity index (χ3v) is 5.43. The monoisotopic (exact) mass is 386 g/mol. The van der Waals surface area contributed by atoms with E-state index in [1.54, 1.807) is 23.3 Å². The maximum Gasteiger partial charge on any atom is 0.253 e. The van der Waals surface area contributed by atoms with Crippen LogP contribution in [0.1, 0.15) is 25.0 Å². The summed E-state index contributed by atoms with van der Waals surface area (Å²) in [4.78, 5) is 28.4. The highest BCUT2D eigenvalue weighted by atomic mass is 19.1. The van der Waals surface area contributed by atoms with Gasteiger partial charge in [0.2, 0.25) is 5.91 Å². The Morgan fingerprint density at radius 1 is 1.21 bits per heavy atom. The van der Waals surface area contributed by atoms with E-state index >= 15 is 0 Å². The zero-order chi connectivity index (χ0) is 19.6. The van der Waals surface area contributed by atoms with Gasteiger partial charge in [0.25, 0.3) is 5.91 Å². The number of anilines is 1. The van der Waals surface area contributed by atoms with Crippen molar-refractivity contribution in [1.82, 2.24) is 4.90 Å². The molecule has 7 heteroatoms. The van der Waals surface area contributed by atoms with Gasteiger partial charge in [-0.05, 0) is 43.2 Å². The highest BCUT2D eigenvalue weighted by molar-refractivity contribution is 5.95. The molecule has 0 radical (unpaired) electrons. The number of benzene rings is 1. The SMILES string of the molecule is O=C(CCc1ccco1)N1CCCC2(C1)CN(c1cccc(F)c1)C(=O)CO2. The van der Waals surface area contributed by atoms with Crippen LogP contribution >= 0.6 is 0 Å². The number of halogens is 1. The van der Waals surface area contributed by atoms with Crippen LogP contribution in [0.4, 0.5) is 10.1 Å². The normalized spacial score (nSPS) is 22.7. The number of hydrogen-bond acceptors (Lipinski definition) is 4. The standard InChI is InChI=1S/C21H23FN2O4/c22-16-4-1-5-17(12-16)24-15-21(28-13-20(24)26)9-3-10-23(14-21)19(25)8-7-18-6-2-11-27-18/h1-2,4-6,11-12H,3,7-10,13-15H2. The van der Waals surface area contributed by atoms with Crippen molar-refractivity contribution >= 4 is 17.5 Å². The smallest absolute Gasteiger partial charge is 0.253 e. The van der Waals surface area contributed by atoms with Crippen molar-refractivity contribution in [1.29, 1.82) is 0 Å². The first-order chi connectivity index (χ1) is 13.5. The van der Waals surface area contributed by atoms with Crippen LogP contribution < -0.4 is 4.90 Å². The fraction of sp³-hybridized carbons (Fsp3) is 0.429. The summed E-state index contributed by atoms with van der Waals surface area (Å²) in [7, 11) is 0. The topological polar surface area (TPSA) is 63.0 Å². The van der Waals surface area contributed by atoms with Gasteiger partial charge in [0.15, 0.2) is 0 Å². The molecule has 2 saturated heterocycles. The Morgan fingerprint density at radius 3 is 2.89 bits per heavy atom. The second kappa shape index (κ2) is 7.75. The van der Waals surface area contributed by atoms with Crippen molar-refractivity contribution < 1.29 is 23.1 Å². The first-order valence-electron chi connectivity index (χ1n) is 9.55. The van der Waals surface area contributed by atoms with Crippen LogP contribution in [0.25, 0.3) is 0 Å². The van der Waals surface area contributed by atoms with Crippen LogP contribution in [-0.4, -0.2) is 48.6 Å². The van der Waals surface area contributed by atoms with E-state index in [0.29, 0.717) is 38.2 Å². The van der Waals surface area contributed by atoms with Crippen molar-refractivity contribution in [2.75, 3.05) is 31.1 Å². The summed E-state index contributed by atoms with van der Waals surface area (Å²) in [6, 6.07) is 9.68. The maximum absolute atomic E-state index is 13.6. The molecule has 1 aromatic heterocycles. The van der Waals surface area contributed by atoms with E-state index in [2.05, 4.69) is 0 Å². The average molecular weight is 386 g/mol. The van der Waals surface area contributed by atoms with E-state index in [4.69, 9.17) is 9.15 Å². The van der Waals surface area contributed by atoms with E-state index in [9.17, 15) is 14.0 Å². The molecule has 1 atom stereocenters. The van der Waals surface area contributed by atoms with Gasteiger partial charge in [0, 0.05) is 25.1 Å². The summed E-state index contributed by atoms with van der Waals surface area (Å²) in [5, 5.41) is 0. The van der Waals surface area contributed by atoms with Gasteiger partial charge in [0.1, 0.15) is 23.8 Å². The molecule has 1 aromatic carbocycles. The lowest BCUT2D eigenvalue weighted by Crippen LogP contribution is -2.62. The van der Waals surface area contributed by atoms with Crippen LogP contribution in [0.15, 0.2) is 47.1 Å². The number of rotatable bonds is 4. The first kappa shape index (κ1) is 18.7. The molecule has 2 aliphatic rings. The van der Waals surface area contributed by atoms with Crippen LogP contribution in [0.5, 0.6) is 0 Å². The molecule has 2 amide bonds. The fourth-order valence-electron chi connectivity index (χ4n) is 3.99. The van der Waals surface area contributed by atoms with Crippen LogP contribution in [-0.2, 0) is 20.7 Å². The fourth-order valence-corrected chi connectivity index (χ4v) is 3.99. The number of carbonyl (C=O) groups excluding carboxylic acids is 2. The molecule has 4 rings (SSSR count). The van der Waals surface area contributed by atoms with Gasteiger partial charge >= 0.3 is 0 Å². The third-order valence-electron chi connectivity index (χ3n) is 5.43. The third kappa shape index (κ3) is 3.94. The zero-order valence-electron chi connectivity index (χ0n) is 15.6. The molecule has 2 aliphatic heterocycles. The lowest BCUT2D eigenvalue weighted by molar-refractivity contribution is -0.153. The summed E-state index contributed by atoms with van der Waals surface area (Å²) in [5.41, 5.74) is -0.0901. The number of amides is 2. The number of furan rings is 1. The lowest BCUT2D eigenvalue weighted by atomic mass is 9.90. The molecule has 2 aromatic rings. The molecule has 0 N–H and O–H groups in total. The Balaban J connectivity index is 1.44. The minimum absolute atomic E-state index is 0.0493. The Bertz CT molecular complexity index is 854. The van der Waals surface area contributed by atoms with Crippen molar-refractivity contribution in [2.45, 2.75) is 31.3 Å². The molecule has 0 aliphatic carbocycles. The van der Waals surface area contributed by atoms with Gasteiger partial charge in [0.05, 0.1) is 19.4 Å². The summed E-state index contributed by atoms with van der Waals surface area (Å²) in [5.74, 6) is 0.256. The van der Waals surface area contributed by atoms with E-state index < -0.39 is 5.60 Å². The van der Waals surface area contributed by atoms with E-state index in [-0.39, 0.29) is 24.2 Å². The Kier molecular flexibility index (Phi) is 5.17. The summed E-state index contributed by atoms with van der Waals surface area (Å²) in [6.45, 7) is 1.36. The number of morpholine rings is 1. The number of piperidine rings is 1. The molecule has 0 saturated carbocycles. The molecular formula is C21H23FN2O4. The van der Waals surface area contributed by atoms with Crippen molar-refractivity contribution in [3.8, 4) is 0 Å². The average Bonchev–Trinajstić information content (AvgIpc) is 3.22. The number of carbonyl (C=O) groups is 2. The van der Waals surface area contributed by atoms with Gasteiger partial charge in [-0.1, -0.05) is 6.07 Å². The first-order valence-corrected chi connectivity index (χ1v) is 9.55. The van der Waals surface area contributed by atoms with Crippen LogP contribution in [0.2, 0.25) is 0 Å². The van der Waals surface area contributed by atoms with Gasteiger partial charge in [-0.2, -0.15) is 0 Å². The molecule has 1 spiro atoms. The van der Waals surface area contributed by atoms with Gasteiger partial charge in [-0.3, -0.25) is 9.59 Å². The highest BCUT2D eigenvalue weighted by Crippen LogP contribution is 2.32. The minimum atomic E-state index is -0.612. The summed E-state index contributed by atoms with van der Waals surface area (Å²) in [6.07, 6.45) is 4.09. The van der Waals surface area contributed by atoms with Crippen LogP contribution in [0, 0.1) is 5.82 Å². The lowest BCUT2D eigenvalue weighted by Gasteiger charge is -2.47. The molecule has 3 heterocycles. The van der Waals surface area contributed by atoms with Crippen molar-refractivity contribution in [3.05, 3.63) is 54.2 Å². The molecule has 1 unspecified atom stereocenters. The van der Waals surface area contributed by atoms with Gasteiger partial charge < -0.3 is 19.0 Å². The van der Waals surface area contributed by atoms with Gasteiger partial charge in [-0.15, -0.1) is 0 Å². The van der Waals surface area contributed by atoms with Gasteiger partial charge in [-0.25, -0.2) is 4.39 Å². The number of nitrogens with zero attached hydrogens (tertiary/aromatic N) is 2. The predicted octanol–water partition coefficient (Wildman–Crippen LogP) is 2.78. The molecular weight excluding hydrogens is 363 g/mol.